The molecule has 0 aliphatic heterocycles. The van der Waals surface area contributed by atoms with E-state index in [0.717, 1.165) is 11.9 Å². The zero-order chi connectivity index (χ0) is 20.7. The molecule has 3 aromatic rings. The summed E-state index contributed by atoms with van der Waals surface area (Å²) in [6.07, 6.45) is 3.54. The molecule has 8 heteroatoms. The quantitative estimate of drug-likeness (QED) is 0.231. The van der Waals surface area contributed by atoms with E-state index in [9.17, 15) is 8.42 Å². The van der Waals surface area contributed by atoms with Crippen LogP contribution in [0.15, 0.2) is 70.7 Å². The van der Waals surface area contributed by atoms with Crippen molar-refractivity contribution in [1.82, 2.24) is 15.6 Å². The van der Waals surface area contributed by atoms with Gasteiger partial charge in [0.25, 0.3) is 0 Å². The number of nitrogens with one attached hydrogen (secondary N) is 3. The highest BCUT2D eigenvalue weighted by molar-refractivity contribution is 14.0. The molecule has 1 aromatic heterocycles. The van der Waals surface area contributed by atoms with Crippen molar-refractivity contribution in [2.45, 2.75) is 30.7 Å². The molecule has 1 unspecified atom stereocenters. The first-order valence-corrected chi connectivity index (χ1v) is 11.5. The van der Waals surface area contributed by atoms with Gasteiger partial charge in [-0.2, -0.15) is 0 Å². The number of hydrogen-bond donors (Lipinski definition) is 3. The van der Waals surface area contributed by atoms with E-state index in [2.05, 4.69) is 32.7 Å². The smallest absolute Gasteiger partial charge is 0.191 e. The number of halogens is 1. The van der Waals surface area contributed by atoms with E-state index in [4.69, 9.17) is 0 Å². The van der Waals surface area contributed by atoms with E-state index >= 15 is 0 Å². The van der Waals surface area contributed by atoms with Gasteiger partial charge in [-0.1, -0.05) is 43.3 Å². The van der Waals surface area contributed by atoms with Gasteiger partial charge in [0.2, 0.25) is 0 Å². The fourth-order valence-electron chi connectivity index (χ4n) is 3.29. The third-order valence-corrected chi connectivity index (χ3v) is 6.77. The number of guanidine groups is 1. The number of fused-ring (bicyclic) bond motifs is 1. The van der Waals surface area contributed by atoms with Crippen LogP contribution in [0.3, 0.4) is 0 Å². The molecule has 0 saturated heterocycles. The Bertz CT molecular complexity index is 1060. The van der Waals surface area contributed by atoms with Crippen molar-refractivity contribution < 1.29 is 8.42 Å². The summed E-state index contributed by atoms with van der Waals surface area (Å²) >= 11 is 0. The Hall–Kier alpha value is -2.07. The van der Waals surface area contributed by atoms with E-state index in [1.54, 1.807) is 31.3 Å². The van der Waals surface area contributed by atoms with Gasteiger partial charge in [0.05, 0.1) is 10.6 Å². The molecular formula is C22H29IN4O2S. The lowest BCUT2D eigenvalue weighted by Crippen LogP contribution is -2.46. The van der Waals surface area contributed by atoms with Crippen LogP contribution in [-0.2, 0) is 16.3 Å². The largest absolute Gasteiger partial charge is 0.361 e. The number of hydrogen-bond acceptors (Lipinski definition) is 3. The molecule has 0 fully saturated rings. The van der Waals surface area contributed by atoms with Gasteiger partial charge in [-0.3, -0.25) is 4.99 Å². The minimum absolute atomic E-state index is 0. The lowest BCUT2D eigenvalue weighted by molar-refractivity contribution is 0.569. The van der Waals surface area contributed by atoms with E-state index < -0.39 is 9.84 Å². The summed E-state index contributed by atoms with van der Waals surface area (Å²) in [5, 5.41) is 7.76. The second-order valence-electron chi connectivity index (χ2n) is 6.95. The summed E-state index contributed by atoms with van der Waals surface area (Å²) in [6, 6.07) is 16.6. The molecule has 1 atom stereocenters. The topological polar surface area (TPSA) is 86.3 Å². The maximum atomic E-state index is 12.7. The molecule has 0 bridgehead atoms. The number of aliphatic imine (C=N–C) groups is 1. The summed E-state index contributed by atoms with van der Waals surface area (Å²) in [4.78, 5) is 7.88. The van der Waals surface area contributed by atoms with E-state index in [-0.39, 0.29) is 35.8 Å². The molecule has 0 aliphatic carbocycles. The fourth-order valence-corrected chi connectivity index (χ4v) is 4.91. The van der Waals surface area contributed by atoms with E-state index in [1.165, 1.54) is 10.9 Å². The monoisotopic (exact) mass is 540 g/mol. The molecule has 30 heavy (non-hydrogen) atoms. The van der Waals surface area contributed by atoms with Gasteiger partial charge in [0, 0.05) is 36.7 Å². The van der Waals surface area contributed by atoms with Crippen molar-refractivity contribution in [2.24, 2.45) is 4.99 Å². The highest BCUT2D eigenvalue weighted by Crippen LogP contribution is 2.17. The van der Waals surface area contributed by atoms with Crippen LogP contribution in [0.2, 0.25) is 0 Å². The maximum Gasteiger partial charge on any atom is 0.191 e. The highest BCUT2D eigenvalue weighted by atomic mass is 127. The van der Waals surface area contributed by atoms with Crippen LogP contribution in [0, 0.1) is 0 Å². The number of H-pyrrole nitrogens is 1. The molecule has 3 N–H and O–H groups in total. The minimum atomic E-state index is -3.36. The third-order valence-electron chi connectivity index (χ3n) is 4.94. The van der Waals surface area contributed by atoms with Gasteiger partial charge in [-0.15, -0.1) is 24.0 Å². The molecular weight excluding hydrogens is 511 g/mol. The molecule has 0 saturated carbocycles. The number of para-hydroxylation sites is 1. The SMILES string of the molecule is CCC(CS(=O)(=O)c1ccccc1)NC(=NC)NCCc1c[nH]c2ccccc12.I. The summed E-state index contributed by atoms with van der Waals surface area (Å²) < 4.78 is 25.3. The molecule has 6 nitrogen and oxygen atoms in total. The highest BCUT2D eigenvalue weighted by Gasteiger charge is 2.20. The Kier molecular flexibility index (Phi) is 9.16. The Morgan fingerprint density at radius 1 is 1.10 bits per heavy atom. The summed E-state index contributed by atoms with van der Waals surface area (Å²) in [6.45, 7) is 2.67. The number of rotatable bonds is 8. The predicted molar refractivity (Wildman–Crippen MR) is 134 cm³/mol. The zero-order valence-electron chi connectivity index (χ0n) is 17.3. The standard InChI is InChI=1S/C22H28N4O2S.HI/c1-3-18(16-29(27,28)19-9-5-4-6-10-19)26-22(23-2)24-14-13-17-15-25-21-12-8-7-11-20(17)21;/h4-12,15,18,25H,3,13-14,16H2,1-2H3,(H2,23,24,26);1H. The first-order chi connectivity index (χ1) is 14.0. The average molecular weight is 540 g/mol. The first kappa shape index (κ1) is 24.2. The van der Waals surface area contributed by atoms with Crippen molar-refractivity contribution in [2.75, 3.05) is 19.3 Å². The molecule has 0 radical (unpaired) electrons. The Balaban J connectivity index is 0.00000320. The van der Waals surface area contributed by atoms with Gasteiger partial charge >= 0.3 is 0 Å². The lowest BCUT2D eigenvalue weighted by Gasteiger charge is -2.20. The van der Waals surface area contributed by atoms with Crippen LogP contribution in [0.5, 0.6) is 0 Å². The predicted octanol–water partition coefficient (Wildman–Crippen LogP) is 3.75. The van der Waals surface area contributed by atoms with Crippen molar-refractivity contribution >= 4 is 50.7 Å². The van der Waals surface area contributed by atoms with Gasteiger partial charge in [0.1, 0.15) is 0 Å². The second kappa shape index (κ2) is 11.4. The third kappa shape index (κ3) is 6.21. The number of benzene rings is 2. The average Bonchev–Trinajstić information content (AvgIpc) is 3.16. The molecule has 2 aromatic carbocycles. The molecule has 0 spiro atoms. The number of sulfone groups is 1. The second-order valence-corrected chi connectivity index (χ2v) is 8.99. The normalized spacial score (nSPS) is 12.9. The van der Waals surface area contributed by atoms with Crippen molar-refractivity contribution in [1.29, 1.82) is 0 Å². The lowest BCUT2D eigenvalue weighted by atomic mass is 10.1. The van der Waals surface area contributed by atoms with E-state index in [1.807, 2.05) is 31.3 Å². The Morgan fingerprint density at radius 2 is 1.80 bits per heavy atom. The molecule has 3 rings (SSSR count). The number of aromatic nitrogens is 1. The van der Waals surface area contributed by atoms with Gasteiger partial charge in [0.15, 0.2) is 15.8 Å². The van der Waals surface area contributed by atoms with Crippen LogP contribution in [0.4, 0.5) is 0 Å². The van der Waals surface area contributed by atoms with Gasteiger partial charge in [-0.25, -0.2) is 8.42 Å². The summed E-state index contributed by atoms with van der Waals surface area (Å²) in [7, 11) is -1.66. The fraction of sp³-hybridized carbons (Fsp3) is 0.318. The van der Waals surface area contributed by atoms with Gasteiger partial charge in [-0.05, 0) is 36.6 Å². The van der Waals surface area contributed by atoms with Crippen molar-refractivity contribution in [3.8, 4) is 0 Å². The number of aromatic amines is 1. The zero-order valence-corrected chi connectivity index (χ0v) is 20.4. The number of nitrogens with zero attached hydrogens (tertiary/aromatic N) is 1. The Labute approximate surface area is 195 Å². The molecule has 162 valence electrons. The van der Waals surface area contributed by atoms with E-state index in [0.29, 0.717) is 23.8 Å². The van der Waals surface area contributed by atoms with Crippen LogP contribution < -0.4 is 10.6 Å². The first-order valence-electron chi connectivity index (χ1n) is 9.83. The Morgan fingerprint density at radius 3 is 2.50 bits per heavy atom. The van der Waals surface area contributed by atoms with Crippen LogP contribution >= 0.6 is 24.0 Å². The van der Waals surface area contributed by atoms with Crippen LogP contribution in [0.1, 0.15) is 18.9 Å². The van der Waals surface area contributed by atoms with Crippen molar-refractivity contribution in [3.63, 3.8) is 0 Å². The van der Waals surface area contributed by atoms with Gasteiger partial charge < -0.3 is 15.6 Å². The van der Waals surface area contributed by atoms with Crippen LogP contribution in [-0.4, -0.2) is 44.7 Å². The molecule has 0 amide bonds. The molecule has 1 heterocycles. The van der Waals surface area contributed by atoms with Crippen molar-refractivity contribution in [3.05, 3.63) is 66.4 Å². The maximum absolute atomic E-state index is 12.7. The van der Waals surface area contributed by atoms with Crippen LogP contribution in [0.25, 0.3) is 10.9 Å². The minimum Gasteiger partial charge on any atom is -0.361 e. The summed E-state index contributed by atoms with van der Waals surface area (Å²) in [5.74, 6) is 0.636. The molecule has 0 aliphatic rings. The summed E-state index contributed by atoms with van der Waals surface area (Å²) in [5.41, 5.74) is 2.37.